The van der Waals surface area contributed by atoms with E-state index in [2.05, 4.69) is 47.3 Å². The van der Waals surface area contributed by atoms with Crippen LogP contribution in [-0.2, 0) is 13.6 Å². The second kappa shape index (κ2) is 4.86. The van der Waals surface area contributed by atoms with Gasteiger partial charge in [-0.1, -0.05) is 18.2 Å². The lowest BCUT2D eigenvalue weighted by atomic mass is 9.54. The lowest BCUT2D eigenvalue weighted by molar-refractivity contribution is -0.0144. The number of benzene rings is 1. The van der Waals surface area contributed by atoms with Crippen LogP contribution in [0.25, 0.3) is 10.9 Å². The summed E-state index contributed by atoms with van der Waals surface area (Å²) in [6.07, 6.45) is 7.54. The van der Waals surface area contributed by atoms with E-state index in [1.807, 2.05) is 0 Å². The first-order valence-electron chi connectivity index (χ1n) is 9.04. The molecule has 0 amide bonds. The van der Waals surface area contributed by atoms with Crippen LogP contribution < -0.4 is 5.32 Å². The minimum atomic E-state index is 0.783. The van der Waals surface area contributed by atoms with Gasteiger partial charge in [0.2, 0.25) is 0 Å². The quantitative estimate of drug-likeness (QED) is 0.902. The van der Waals surface area contributed by atoms with E-state index in [1.54, 1.807) is 6.42 Å². The topological polar surface area (TPSA) is 17.0 Å². The van der Waals surface area contributed by atoms with Gasteiger partial charge in [-0.15, -0.1) is 0 Å². The van der Waals surface area contributed by atoms with E-state index < -0.39 is 0 Å². The number of fused-ring (bicyclic) bond motifs is 1. The molecule has 4 aliphatic rings. The Bertz CT molecular complexity index is 671. The van der Waals surface area contributed by atoms with Crippen LogP contribution in [0.15, 0.2) is 30.3 Å². The highest BCUT2D eigenvalue weighted by atomic mass is 15.0. The van der Waals surface area contributed by atoms with Gasteiger partial charge in [-0.25, -0.2) is 0 Å². The maximum absolute atomic E-state index is 3.96. The van der Waals surface area contributed by atoms with Crippen LogP contribution in [0.2, 0.25) is 0 Å². The van der Waals surface area contributed by atoms with E-state index in [1.165, 1.54) is 42.3 Å². The van der Waals surface area contributed by atoms with Gasteiger partial charge in [0, 0.05) is 30.8 Å². The lowest BCUT2D eigenvalue weighted by Gasteiger charge is -2.54. The Balaban J connectivity index is 1.35. The van der Waals surface area contributed by atoms with Crippen molar-refractivity contribution in [3.05, 3.63) is 36.0 Å². The third-order valence-corrected chi connectivity index (χ3v) is 6.80. The van der Waals surface area contributed by atoms with Crippen molar-refractivity contribution in [1.82, 2.24) is 9.88 Å². The highest BCUT2D eigenvalue weighted by molar-refractivity contribution is 5.81. The number of para-hydroxylation sites is 1. The highest BCUT2D eigenvalue weighted by Gasteiger charge is 2.47. The standard InChI is InChI=1S/C20H26N2/c1-22-18(11-15-4-2-3-5-19(15)22)12-21-20-16-7-13-6-14(9-16)10-17(20)8-13/h2-5,11,13-14,16-17,20-21H,6-10,12H2,1H3. The number of aryl methyl sites for hydroxylation is 1. The molecule has 1 aromatic heterocycles. The number of rotatable bonds is 3. The normalized spacial score (nSPS) is 36.3. The zero-order valence-electron chi connectivity index (χ0n) is 13.5. The van der Waals surface area contributed by atoms with E-state index in [4.69, 9.17) is 0 Å². The first-order valence-corrected chi connectivity index (χ1v) is 9.04. The van der Waals surface area contributed by atoms with Crippen molar-refractivity contribution in [2.45, 2.75) is 44.7 Å². The van der Waals surface area contributed by atoms with E-state index >= 15 is 0 Å². The fourth-order valence-corrected chi connectivity index (χ4v) is 6.00. The first kappa shape index (κ1) is 13.2. The van der Waals surface area contributed by atoms with E-state index in [-0.39, 0.29) is 0 Å². The predicted octanol–water partition coefficient (Wildman–Crippen LogP) is 4.09. The molecule has 0 radical (unpaired) electrons. The number of aromatic nitrogens is 1. The van der Waals surface area contributed by atoms with Gasteiger partial charge in [-0.2, -0.15) is 0 Å². The molecule has 0 saturated heterocycles. The summed E-state index contributed by atoms with van der Waals surface area (Å²) in [4.78, 5) is 0. The Hall–Kier alpha value is -1.28. The van der Waals surface area contributed by atoms with Crippen LogP contribution >= 0.6 is 0 Å². The van der Waals surface area contributed by atoms with E-state index in [9.17, 15) is 0 Å². The molecule has 0 aliphatic heterocycles. The number of nitrogens with one attached hydrogen (secondary N) is 1. The Labute approximate surface area is 132 Å². The Morgan fingerprint density at radius 1 is 1.00 bits per heavy atom. The smallest absolute Gasteiger partial charge is 0.0480 e. The van der Waals surface area contributed by atoms with Crippen LogP contribution in [0.4, 0.5) is 0 Å². The highest BCUT2D eigenvalue weighted by Crippen LogP contribution is 2.53. The molecule has 2 nitrogen and oxygen atoms in total. The van der Waals surface area contributed by atoms with Crippen molar-refractivity contribution in [2.75, 3.05) is 0 Å². The summed E-state index contributed by atoms with van der Waals surface area (Å²) < 4.78 is 2.36. The van der Waals surface area contributed by atoms with Gasteiger partial charge in [0.25, 0.3) is 0 Å². The molecule has 1 heterocycles. The summed E-state index contributed by atoms with van der Waals surface area (Å²) >= 11 is 0. The average Bonchev–Trinajstić information content (AvgIpc) is 2.83. The van der Waals surface area contributed by atoms with Crippen molar-refractivity contribution >= 4 is 10.9 Å². The van der Waals surface area contributed by atoms with Crippen molar-refractivity contribution in [3.63, 3.8) is 0 Å². The second-order valence-corrected chi connectivity index (χ2v) is 8.09. The van der Waals surface area contributed by atoms with Crippen LogP contribution in [-0.4, -0.2) is 10.6 Å². The summed E-state index contributed by atoms with van der Waals surface area (Å²) in [7, 11) is 2.20. The predicted molar refractivity (Wildman–Crippen MR) is 90.6 cm³/mol. The molecule has 2 aromatic rings. The van der Waals surface area contributed by atoms with Crippen molar-refractivity contribution in [1.29, 1.82) is 0 Å². The van der Waals surface area contributed by atoms with Crippen LogP contribution in [0.5, 0.6) is 0 Å². The first-order chi connectivity index (χ1) is 10.8. The van der Waals surface area contributed by atoms with Crippen LogP contribution in [0.3, 0.4) is 0 Å². The summed E-state index contributed by atoms with van der Waals surface area (Å²) in [5.41, 5.74) is 2.78. The largest absolute Gasteiger partial charge is 0.346 e. The Morgan fingerprint density at radius 3 is 2.36 bits per heavy atom. The van der Waals surface area contributed by atoms with Gasteiger partial charge in [0.15, 0.2) is 0 Å². The molecular weight excluding hydrogens is 268 g/mol. The molecule has 0 atom stereocenters. The second-order valence-electron chi connectivity index (χ2n) is 8.09. The Morgan fingerprint density at radius 2 is 1.68 bits per heavy atom. The molecule has 22 heavy (non-hydrogen) atoms. The summed E-state index contributed by atoms with van der Waals surface area (Å²) in [5.74, 6) is 4.06. The van der Waals surface area contributed by atoms with E-state index in [0.29, 0.717) is 0 Å². The van der Waals surface area contributed by atoms with Gasteiger partial charge in [0.1, 0.15) is 0 Å². The molecule has 4 bridgehead atoms. The zero-order chi connectivity index (χ0) is 14.7. The summed E-state index contributed by atoms with van der Waals surface area (Å²) in [5, 5.41) is 5.33. The molecule has 4 fully saturated rings. The van der Waals surface area contributed by atoms with Crippen LogP contribution in [0.1, 0.15) is 37.8 Å². The molecule has 0 unspecified atom stereocenters. The average molecular weight is 294 g/mol. The van der Waals surface area contributed by atoms with Crippen molar-refractivity contribution in [2.24, 2.45) is 30.7 Å². The maximum Gasteiger partial charge on any atom is 0.0480 e. The SMILES string of the molecule is Cn1c(CNC2C3CC4CC(C3)CC2C4)cc2ccccc21. The lowest BCUT2D eigenvalue weighted by Crippen LogP contribution is -2.54. The molecule has 4 aliphatic carbocycles. The van der Waals surface area contributed by atoms with Gasteiger partial charge >= 0.3 is 0 Å². The minimum Gasteiger partial charge on any atom is -0.346 e. The Kier molecular flexibility index (Phi) is 2.91. The molecule has 116 valence electrons. The van der Waals surface area contributed by atoms with Crippen molar-refractivity contribution < 1.29 is 0 Å². The van der Waals surface area contributed by atoms with Gasteiger partial charge in [-0.05, 0) is 73.3 Å². The summed E-state index contributed by atoms with van der Waals surface area (Å²) in [6.45, 7) is 1.03. The molecule has 2 heteroatoms. The number of hydrogen-bond donors (Lipinski definition) is 1. The number of nitrogens with zero attached hydrogens (tertiary/aromatic N) is 1. The van der Waals surface area contributed by atoms with Crippen molar-refractivity contribution in [3.8, 4) is 0 Å². The third kappa shape index (κ3) is 1.96. The minimum absolute atomic E-state index is 0.783. The third-order valence-electron chi connectivity index (χ3n) is 6.80. The summed E-state index contributed by atoms with van der Waals surface area (Å²) in [6, 6.07) is 11.9. The van der Waals surface area contributed by atoms with Crippen LogP contribution in [0, 0.1) is 23.7 Å². The van der Waals surface area contributed by atoms with Gasteiger partial charge in [0.05, 0.1) is 0 Å². The zero-order valence-corrected chi connectivity index (χ0v) is 13.5. The molecule has 1 N–H and O–H groups in total. The molecule has 4 saturated carbocycles. The monoisotopic (exact) mass is 294 g/mol. The number of hydrogen-bond acceptors (Lipinski definition) is 1. The maximum atomic E-state index is 3.96. The molecule has 0 spiro atoms. The van der Waals surface area contributed by atoms with Gasteiger partial charge in [-0.3, -0.25) is 0 Å². The molecule has 1 aromatic carbocycles. The van der Waals surface area contributed by atoms with E-state index in [0.717, 1.165) is 36.3 Å². The molecule has 6 rings (SSSR count). The molecular formula is C20H26N2. The van der Waals surface area contributed by atoms with Gasteiger partial charge < -0.3 is 9.88 Å². The fraction of sp³-hybridized carbons (Fsp3) is 0.600. The fourth-order valence-electron chi connectivity index (χ4n) is 6.00.